The molecule has 25 heavy (non-hydrogen) atoms. The van der Waals surface area contributed by atoms with Gasteiger partial charge in [0, 0.05) is 31.5 Å². The van der Waals surface area contributed by atoms with Crippen molar-refractivity contribution in [2.75, 3.05) is 18.0 Å². The van der Waals surface area contributed by atoms with Gasteiger partial charge in [-0.2, -0.15) is 5.26 Å². The summed E-state index contributed by atoms with van der Waals surface area (Å²) in [5, 5.41) is 11.8. The number of carbonyl (C=O) groups is 1. The van der Waals surface area contributed by atoms with Gasteiger partial charge in [-0.15, -0.1) is 0 Å². The molecule has 1 aromatic carbocycles. The Balaban J connectivity index is 1.57. The number of aromatic nitrogens is 1. The van der Waals surface area contributed by atoms with E-state index >= 15 is 0 Å². The molecule has 0 radical (unpaired) electrons. The molecule has 6 heteroatoms. The summed E-state index contributed by atoms with van der Waals surface area (Å²) < 4.78 is 0.803. The molecule has 2 heterocycles. The highest BCUT2D eigenvalue weighted by atomic mass is 79.9. The fourth-order valence-electron chi connectivity index (χ4n) is 3.05. The largest absolute Gasteiger partial charge is 0.371 e. The van der Waals surface area contributed by atoms with E-state index < -0.39 is 0 Å². The van der Waals surface area contributed by atoms with Gasteiger partial charge < -0.3 is 10.2 Å². The first kappa shape index (κ1) is 17.4. The number of halogens is 1. The van der Waals surface area contributed by atoms with Gasteiger partial charge in [0.25, 0.3) is 0 Å². The Morgan fingerprint density at radius 2 is 2.16 bits per heavy atom. The van der Waals surface area contributed by atoms with E-state index in [1.807, 2.05) is 24.3 Å². The molecule has 1 atom stereocenters. The molecule has 0 unspecified atom stereocenters. The zero-order chi connectivity index (χ0) is 17.6. The van der Waals surface area contributed by atoms with Crippen LogP contribution in [0.25, 0.3) is 0 Å². The van der Waals surface area contributed by atoms with Crippen LogP contribution < -0.4 is 10.2 Å². The molecule has 1 aliphatic rings. The number of nitrogens with one attached hydrogen (secondary N) is 1. The molecular weight excluding hydrogens is 380 g/mol. The SMILES string of the molecule is N#Cc1ccc(CNC(=O)[C@H]2CCCN(c3ccnc(Br)c3)C2)cc1. The first-order valence-electron chi connectivity index (χ1n) is 8.29. The van der Waals surface area contributed by atoms with Gasteiger partial charge >= 0.3 is 0 Å². The Labute approximate surface area is 155 Å². The number of pyridine rings is 1. The molecule has 1 amide bonds. The Kier molecular flexibility index (Phi) is 5.67. The van der Waals surface area contributed by atoms with Crippen molar-refractivity contribution < 1.29 is 4.79 Å². The maximum atomic E-state index is 12.5. The van der Waals surface area contributed by atoms with Crippen LogP contribution in [0.2, 0.25) is 0 Å². The van der Waals surface area contributed by atoms with Gasteiger partial charge in [0.2, 0.25) is 5.91 Å². The summed E-state index contributed by atoms with van der Waals surface area (Å²) in [6.07, 6.45) is 3.67. The summed E-state index contributed by atoms with van der Waals surface area (Å²) in [5.74, 6) is 0.0706. The number of hydrogen-bond acceptors (Lipinski definition) is 4. The van der Waals surface area contributed by atoms with Crippen LogP contribution in [-0.4, -0.2) is 24.0 Å². The predicted molar refractivity (Wildman–Crippen MR) is 99.9 cm³/mol. The molecule has 128 valence electrons. The normalized spacial score (nSPS) is 17.0. The molecule has 0 saturated carbocycles. The van der Waals surface area contributed by atoms with Crippen LogP contribution in [0.5, 0.6) is 0 Å². The van der Waals surface area contributed by atoms with Crippen LogP contribution in [-0.2, 0) is 11.3 Å². The molecule has 0 spiro atoms. The van der Waals surface area contributed by atoms with Crippen LogP contribution in [0.3, 0.4) is 0 Å². The number of nitriles is 1. The van der Waals surface area contributed by atoms with E-state index in [0.29, 0.717) is 12.1 Å². The van der Waals surface area contributed by atoms with E-state index in [1.54, 1.807) is 18.3 Å². The number of nitrogens with zero attached hydrogens (tertiary/aromatic N) is 3. The Bertz CT molecular complexity index is 785. The summed E-state index contributed by atoms with van der Waals surface area (Å²) >= 11 is 3.40. The van der Waals surface area contributed by atoms with E-state index in [9.17, 15) is 4.79 Å². The molecule has 1 N–H and O–H groups in total. The van der Waals surface area contributed by atoms with Crippen molar-refractivity contribution in [2.24, 2.45) is 5.92 Å². The molecule has 0 bridgehead atoms. The molecule has 0 aliphatic carbocycles. The van der Waals surface area contributed by atoms with Gasteiger partial charge in [0.15, 0.2) is 0 Å². The van der Waals surface area contributed by atoms with E-state index in [4.69, 9.17) is 5.26 Å². The number of carbonyl (C=O) groups excluding carboxylic acids is 1. The van der Waals surface area contributed by atoms with Crippen LogP contribution in [0, 0.1) is 17.2 Å². The summed E-state index contributed by atoms with van der Waals surface area (Å²) in [6.45, 7) is 2.16. The average Bonchev–Trinajstić information content (AvgIpc) is 2.66. The van der Waals surface area contributed by atoms with Gasteiger partial charge in [0.1, 0.15) is 4.60 Å². The van der Waals surface area contributed by atoms with Gasteiger partial charge in [-0.3, -0.25) is 4.79 Å². The first-order valence-corrected chi connectivity index (χ1v) is 9.08. The van der Waals surface area contributed by atoms with E-state index in [1.165, 1.54) is 0 Å². The smallest absolute Gasteiger partial charge is 0.225 e. The molecule has 1 saturated heterocycles. The highest BCUT2D eigenvalue weighted by molar-refractivity contribution is 9.10. The van der Waals surface area contributed by atoms with Crippen molar-refractivity contribution in [2.45, 2.75) is 19.4 Å². The van der Waals surface area contributed by atoms with E-state index in [0.717, 1.165) is 41.8 Å². The average molecular weight is 399 g/mol. The van der Waals surface area contributed by atoms with E-state index in [2.05, 4.69) is 37.2 Å². The number of benzene rings is 1. The van der Waals surface area contributed by atoms with Crippen molar-refractivity contribution in [3.8, 4) is 6.07 Å². The van der Waals surface area contributed by atoms with Crippen molar-refractivity contribution in [1.82, 2.24) is 10.3 Å². The highest BCUT2D eigenvalue weighted by Crippen LogP contribution is 2.24. The molecule has 5 nitrogen and oxygen atoms in total. The quantitative estimate of drug-likeness (QED) is 0.802. The molecule has 1 aliphatic heterocycles. The summed E-state index contributed by atoms with van der Waals surface area (Å²) in [5.41, 5.74) is 2.71. The monoisotopic (exact) mass is 398 g/mol. The number of hydrogen-bond donors (Lipinski definition) is 1. The molecule has 1 fully saturated rings. The minimum atomic E-state index is -0.0147. The Morgan fingerprint density at radius 1 is 1.36 bits per heavy atom. The predicted octanol–water partition coefficient (Wildman–Crippen LogP) is 3.25. The topological polar surface area (TPSA) is 69.0 Å². The number of piperidine rings is 1. The Morgan fingerprint density at radius 3 is 2.88 bits per heavy atom. The summed E-state index contributed by atoms with van der Waals surface area (Å²) in [6, 6.07) is 13.3. The zero-order valence-electron chi connectivity index (χ0n) is 13.8. The second-order valence-corrected chi connectivity index (χ2v) is 6.96. The molecule has 3 rings (SSSR count). The van der Waals surface area contributed by atoms with Crippen LogP contribution in [0.4, 0.5) is 5.69 Å². The van der Waals surface area contributed by atoms with Crippen molar-refractivity contribution in [1.29, 1.82) is 5.26 Å². The van der Waals surface area contributed by atoms with Crippen molar-refractivity contribution in [3.63, 3.8) is 0 Å². The van der Waals surface area contributed by atoms with Crippen LogP contribution in [0.15, 0.2) is 47.2 Å². The second-order valence-electron chi connectivity index (χ2n) is 6.15. The fourth-order valence-corrected chi connectivity index (χ4v) is 3.40. The minimum absolute atomic E-state index is 0.0147. The molecule has 1 aromatic heterocycles. The number of rotatable bonds is 4. The lowest BCUT2D eigenvalue weighted by Gasteiger charge is -2.33. The molecule has 2 aromatic rings. The molecular formula is C19H19BrN4O. The fraction of sp³-hybridized carbons (Fsp3) is 0.316. The maximum Gasteiger partial charge on any atom is 0.225 e. The highest BCUT2D eigenvalue weighted by Gasteiger charge is 2.25. The number of amides is 1. The van der Waals surface area contributed by atoms with Gasteiger partial charge in [-0.05, 0) is 58.6 Å². The standard InChI is InChI=1S/C19H19BrN4O/c20-18-10-17(7-8-22-18)24-9-1-2-16(13-24)19(25)23-12-15-5-3-14(11-21)4-6-15/h3-8,10,16H,1-2,9,12-13H2,(H,23,25)/t16-/m0/s1. The lowest BCUT2D eigenvalue weighted by molar-refractivity contribution is -0.125. The van der Waals surface area contributed by atoms with Gasteiger partial charge in [0.05, 0.1) is 17.6 Å². The number of anilines is 1. The lowest BCUT2D eigenvalue weighted by atomic mass is 9.96. The Hall–Kier alpha value is -2.39. The minimum Gasteiger partial charge on any atom is -0.371 e. The van der Waals surface area contributed by atoms with Gasteiger partial charge in [-0.1, -0.05) is 12.1 Å². The van der Waals surface area contributed by atoms with Crippen LogP contribution >= 0.6 is 15.9 Å². The zero-order valence-corrected chi connectivity index (χ0v) is 15.4. The maximum absolute atomic E-state index is 12.5. The summed E-state index contributed by atoms with van der Waals surface area (Å²) in [4.78, 5) is 18.9. The second kappa shape index (κ2) is 8.13. The van der Waals surface area contributed by atoms with Gasteiger partial charge in [-0.25, -0.2) is 4.98 Å². The summed E-state index contributed by atoms with van der Waals surface area (Å²) in [7, 11) is 0. The third-order valence-electron chi connectivity index (χ3n) is 4.42. The van der Waals surface area contributed by atoms with Crippen molar-refractivity contribution in [3.05, 3.63) is 58.3 Å². The van der Waals surface area contributed by atoms with Crippen molar-refractivity contribution >= 4 is 27.5 Å². The van der Waals surface area contributed by atoms with E-state index in [-0.39, 0.29) is 11.8 Å². The first-order chi connectivity index (χ1) is 12.2. The third-order valence-corrected chi connectivity index (χ3v) is 4.85. The van der Waals surface area contributed by atoms with Crippen LogP contribution in [0.1, 0.15) is 24.0 Å². The third kappa shape index (κ3) is 4.58. The lowest BCUT2D eigenvalue weighted by Crippen LogP contribution is -2.43.